The highest BCUT2D eigenvalue weighted by Crippen LogP contribution is 2.48. The van der Waals surface area contributed by atoms with E-state index in [2.05, 4.69) is 0 Å². The molecule has 36 heavy (non-hydrogen) atoms. The molecule has 2 aromatic carbocycles. The molecule has 3 aliphatic rings. The lowest BCUT2D eigenvalue weighted by molar-refractivity contribution is -0.385. The van der Waals surface area contributed by atoms with Crippen LogP contribution in [0.4, 0.5) is 18.9 Å². The van der Waals surface area contributed by atoms with E-state index in [1.54, 1.807) is 12.1 Å². The minimum atomic E-state index is -4.73. The zero-order chi connectivity index (χ0) is 25.6. The third-order valence-electron chi connectivity index (χ3n) is 6.56. The third-order valence-corrected chi connectivity index (χ3v) is 6.56. The van der Waals surface area contributed by atoms with Gasteiger partial charge in [0.25, 0.3) is 0 Å². The minimum Gasteiger partial charge on any atom is -0.465 e. The molecule has 2 aliphatic carbocycles. The average molecular weight is 499 g/mol. The standard InChI is InChI=1S/C26H20F3NO6/c27-26(28,29)15-9-12-20(17(13-15)30(33)34)35-16-10-7-14(8-11-16)23-24-18(31)3-1-5-21(24)36-22-6-2-4-19(32)25(22)23/h7-13,23H,1-6H2. The van der Waals surface area contributed by atoms with Crippen molar-refractivity contribution in [3.8, 4) is 11.5 Å². The van der Waals surface area contributed by atoms with E-state index in [-0.39, 0.29) is 23.1 Å². The number of carbonyl (C=O) groups is 2. The minimum absolute atomic E-state index is 0.0631. The maximum absolute atomic E-state index is 13.0. The smallest absolute Gasteiger partial charge is 0.416 e. The monoisotopic (exact) mass is 499 g/mol. The first-order valence-electron chi connectivity index (χ1n) is 11.5. The number of benzene rings is 2. The van der Waals surface area contributed by atoms with Gasteiger partial charge >= 0.3 is 11.9 Å². The van der Waals surface area contributed by atoms with E-state index >= 15 is 0 Å². The Hall–Kier alpha value is -3.95. The predicted molar refractivity (Wildman–Crippen MR) is 120 cm³/mol. The summed E-state index contributed by atoms with van der Waals surface area (Å²) >= 11 is 0. The van der Waals surface area contributed by atoms with Crippen molar-refractivity contribution in [2.24, 2.45) is 0 Å². The van der Waals surface area contributed by atoms with Crippen molar-refractivity contribution in [1.82, 2.24) is 0 Å². The normalized spacial score (nSPS) is 18.5. The van der Waals surface area contributed by atoms with Crippen molar-refractivity contribution in [2.45, 2.75) is 50.6 Å². The van der Waals surface area contributed by atoms with Crippen LogP contribution in [-0.4, -0.2) is 16.5 Å². The first kappa shape index (κ1) is 23.8. The van der Waals surface area contributed by atoms with Crippen molar-refractivity contribution in [3.63, 3.8) is 0 Å². The molecule has 1 heterocycles. The number of hydrogen-bond acceptors (Lipinski definition) is 6. The molecule has 0 bridgehead atoms. The number of nitro groups is 1. The molecule has 0 spiro atoms. The van der Waals surface area contributed by atoms with Crippen molar-refractivity contribution in [2.75, 3.05) is 0 Å². The number of ketones is 2. The van der Waals surface area contributed by atoms with Crippen LogP contribution in [0, 0.1) is 10.1 Å². The summed E-state index contributed by atoms with van der Waals surface area (Å²) in [6, 6.07) is 8.37. The molecule has 7 nitrogen and oxygen atoms in total. The molecule has 5 rings (SSSR count). The summed E-state index contributed by atoms with van der Waals surface area (Å²) in [6.07, 6.45) is -1.41. The summed E-state index contributed by atoms with van der Waals surface area (Å²) in [5.41, 5.74) is -0.329. The zero-order valence-corrected chi connectivity index (χ0v) is 18.9. The van der Waals surface area contributed by atoms with Gasteiger partial charge in [0.1, 0.15) is 17.3 Å². The van der Waals surface area contributed by atoms with E-state index in [0.29, 0.717) is 78.9 Å². The fourth-order valence-electron chi connectivity index (χ4n) is 4.93. The molecule has 186 valence electrons. The van der Waals surface area contributed by atoms with Crippen LogP contribution in [0.3, 0.4) is 0 Å². The van der Waals surface area contributed by atoms with Gasteiger partial charge < -0.3 is 9.47 Å². The number of allylic oxidation sites excluding steroid dienone is 4. The van der Waals surface area contributed by atoms with Gasteiger partial charge in [0, 0.05) is 48.8 Å². The lowest BCUT2D eigenvalue weighted by atomic mass is 9.73. The zero-order valence-electron chi connectivity index (χ0n) is 18.9. The largest absolute Gasteiger partial charge is 0.465 e. The molecule has 10 heteroatoms. The number of ether oxygens (including phenoxy) is 2. The van der Waals surface area contributed by atoms with E-state index in [1.165, 1.54) is 12.1 Å². The van der Waals surface area contributed by atoms with E-state index < -0.39 is 28.3 Å². The SMILES string of the molecule is O=C1CCCC2=C1C(c1ccc(Oc3ccc(C(F)(F)F)cc3[N+](=O)[O-])cc1)C1=C(CCCC1=O)O2. The summed E-state index contributed by atoms with van der Waals surface area (Å²) < 4.78 is 50.5. The van der Waals surface area contributed by atoms with Crippen LogP contribution in [0.1, 0.15) is 55.6 Å². The number of halogens is 3. The van der Waals surface area contributed by atoms with Crippen LogP contribution in [0.5, 0.6) is 11.5 Å². The topological polar surface area (TPSA) is 95.7 Å². The van der Waals surface area contributed by atoms with Gasteiger partial charge in [-0.25, -0.2) is 0 Å². The Morgan fingerprint density at radius 3 is 2.00 bits per heavy atom. The van der Waals surface area contributed by atoms with Crippen LogP contribution in [0.2, 0.25) is 0 Å². The van der Waals surface area contributed by atoms with Crippen LogP contribution in [0.25, 0.3) is 0 Å². The second-order valence-corrected chi connectivity index (χ2v) is 8.87. The summed E-state index contributed by atoms with van der Waals surface area (Å²) in [5, 5.41) is 11.4. The van der Waals surface area contributed by atoms with Crippen molar-refractivity contribution in [1.29, 1.82) is 0 Å². The first-order valence-corrected chi connectivity index (χ1v) is 11.5. The second kappa shape index (κ2) is 8.92. The number of hydrogen-bond donors (Lipinski definition) is 0. The van der Waals surface area contributed by atoms with Gasteiger partial charge in [-0.1, -0.05) is 12.1 Å². The van der Waals surface area contributed by atoms with Gasteiger partial charge in [-0.05, 0) is 42.7 Å². The van der Waals surface area contributed by atoms with E-state index in [9.17, 15) is 32.9 Å². The second-order valence-electron chi connectivity index (χ2n) is 8.87. The Morgan fingerprint density at radius 2 is 1.47 bits per heavy atom. The molecule has 0 amide bonds. The van der Waals surface area contributed by atoms with E-state index in [4.69, 9.17) is 9.47 Å². The quantitative estimate of drug-likeness (QED) is 0.350. The number of rotatable bonds is 4. The molecule has 0 N–H and O–H groups in total. The molecule has 0 saturated carbocycles. The van der Waals surface area contributed by atoms with Crippen LogP contribution >= 0.6 is 0 Å². The molecular formula is C26H20F3NO6. The van der Waals surface area contributed by atoms with Crippen molar-refractivity contribution in [3.05, 3.63) is 86.4 Å². The Labute approximate surface area is 203 Å². The number of nitrogens with zero attached hydrogens (tertiary/aromatic N) is 1. The Kier molecular flexibility index (Phi) is 5.89. The van der Waals surface area contributed by atoms with Gasteiger partial charge in [0.2, 0.25) is 5.75 Å². The Balaban J connectivity index is 1.49. The van der Waals surface area contributed by atoms with Gasteiger partial charge in [-0.15, -0.1) is 0 Å². The highest BCUT2D eigenvalue weighted by atomic mass is 19.4. The summed E-state index contributed by atoms with van der Waals surface area (Å²) in [6.45, 7) is 0. The number of carbonyl (C=O) groups excluding carboxylic acids is 2. The summed E-state index contributed by atoms with van der Waals surface area (Å²) in [5.74, 6) is 0.321. The van der Waals surface area contributed by atoms with Gasteiger partial charge in [0.15, 0.2) is 11.6 Å². The van der Waals surface area contributed by atoms with Crippen molar-refractivity contribution < 1.29 is 37.2 Å². The van der Waals surface area contributed by atoms with Crippen molar-refractivity contribution >= 4 is 17.3 Å². The van der Waals surface area contributed by atoms with E-state index in [1.807, 2.05) is 0 Å². The molecule has 1 aliphatic heterocycles. The first-order chi connectivity index (χ1) is 17.1. The predicted octanol–water partition coefficient (Wildman–Crippen LogP) is 6.53. The molecule has 2 aromatic rings. The maximum Gasteiger partial charge on any atom is 0.416 e. The fraction of sp³-hybridized carbons (Fsp3) is 0.308. The van der Waals surface area contributed by atoms with Crippen LogP contribution < -0.4 is 4.74 Å². The molecule has 0 fully saturated rings. The number of nitro benzene ring substituents is 1. The van der Waals surface area contributed by atoms with E-state index in [0.717, 1.165) is 6.07 Å². The fourth-order valence-corrected chi connectivity index (χ4v) is 4.93. The van der Waals surface area contributed by atoms with Crippen LogP contribution in [0.15, 0.2) is 65.1 Å². The molecular weight excluding hydrogens is 479 g/mol. The molecule has 0 unspecified atom stereocenters. The number of Topliss-reactive ketones (excluding diaryl/α,β-unsaturated/α-hetero) is 2. The third kappa shape index (κ3) is 4.27. The average Bonchev–Trinajstić information content (AvgIpc) is 2.83. The molecule has 0 saturated heterocycles. The maximum atomic E-state index is 13.0. The molecule has 0 aromatic heterocycles. The van der Waals surface area contributed by atoms with Gasteiger partial charge in [-0.2, -0.15) is 13.2 Å². The molecule has 0 atom stereocenters. The Bertz CT molecular complexity index is 1300. The highest BCUT2D eigenvalue weighted by Gasteiger charge is 2.41. The summed E-state index contributed by atoms with van der Waals surface area (Å²) in [7, 11) is 0. The van der Waals surface area contributed by atoms with Gasteiger partial charge in [0.05, 0.1) is 10.5 Å². The van der Waals surface area contributed by atoms with Gasteiger partial charge in [-0.3, -0.25) is 19.7 Å². The molecule has 0 radical (unpaired) electrons. The lowest BCUT2D eigenvalue weighted by Gasteiger charge is -2.36. The number of alkyl halides is 3. The highest BCUT2D eigenvalue weighted by molar-refractivity contribution is 6.05. The van der Waals surface area contributed by atoms with Crippen LogP contribution in [-0.2, 0) is 20.5 Å². The lowest BCUT2D eigenvalue weighted by Crippen LogP contribution is -2.30. The summed E-state index contributed by atoms with van der Waals surface area (Å²) in [4.78, 5) is 36.1. The Morgan fingerprint density at radius 1 is 0.889 bits per heavy atom.